The lowest BCUT2D eigenvalue weighted by Gasteiger charge is -2.12. The third-order valence-electron chi connectivity index (χ3n) is 3.26. The maximum atomic E-state index is 5.26. The molecular formula is C15H26N2O. The largest absolute Gasteiger partial charge is 0.361 e. The van der Waals surface area contributed by atoms with Gasteiger partial charge in [-0.05, 0) is 25.3 Å². The molecule has 1 aromatic heterocycles. The van der Waals surface area contributed by atoms with Gasteiger partial charge in [0.25, 0.3) is 0 Å². The van der Waals surface area contributed by atoms with E-state index in [-0.39, 0.29) is 0 Å². The molecule has 18 heavy (non-hydrogen) atoms. The number of aromatic nitrogens is 1. The predicted molar refractivity (Wildman–Crippen MR) is 75.5 cm³/mol. The van der Waals surface area contributed by atoms with Crippen molar-refractivity contribution in [1.29, 1.82) is 0 Å². The van der Waals surface area contributed by atoms with Gasteiger partial charge in [0.05, 0.1) is 5.69 Å². The first-order chi connectivity index (χ1) is 8.67. The van der Waals surface area contributed by atoms with Crippen molar-refractivity contribution in [1.82, 2.24) is 10.5 Å². The maximum Gasteiger partial charge on any atom is 0.139 e. The monoisotopic (exact) mass is 250 g/mol. The molecule has 0 saturated heterocycles. The summed E-state index contributed by atoms with van der Waals surface area (Å²) in [5.74, 6) is 2.12. The molecule has 1 heterocycles. The van der Waals surface area contributed by atoms with Crippen LogP contribution in [0.4, 0.5) is 0 Å². The molecule has 1 atom stereocenters. The lowest BCUT2D eigenvalue weighted by molar-refractivity contribution is 0.363. The molecule has 102 valence electrons. The fourth-order valence-electron chi connectivity index (χ4n) is 1.93. The summed E-state index contributed by atoms with van der Waals surface area (Å²) in [7, 11) is 0. The van der Waals surface area contributed by atoms with Crippen molar-refractivity contribution in [3.05, 3.63) is 30.2 Å². The van der Waals surface area contributed by atoms with Crippen LogP contribution in [-0.2, 0) is 6.54 Å². The van der Waals surface area contributed by atoms with E-state index in [4.69, 9.17) is 4.52 Å². The number of nitrogens with one attached hydrogen (secondary N) is 1. The standard InChI is InChI=1S/C15H26N2O/c1-5-7-13(6-2)8-9-16-11-14-10-15(12(3)4)18-17-14/h5,10,12-13,16H,1,6-9,11H2,2-4H3. The van der Waals surface area contributed by atoms with Crippen molar-refractivity contribution < 1.29 is 4.52 Å². The van der Waals surface area contributed by atoms with E-state index in [9.17, 15) is 0 Å². The molecule has 3 nitrogen and oxygen atoms in total. The number of allylic oxidation sites excluding steroid dienone is 1. The molecule has 0 radical (unpaired) electrons. The lowest BCUT2D eigenvalue weighted by atomic mass is 9.99. The van der Waals surface area contributed by atoms with Crippen molar-refractivity contribution in [2.45, 2.75) is 52.5 Å². The first-order valence-electron chi connectivity index (χ1n) is 6.94. The minimum atomic E-state index is 0.406. The fourth-order valence-corrected chi connectivity index (χ4v) is 1.93. The first kappa shape index (κ1) is 15.0. The number of rotatable bonds is 9. The summed E-state index contributed by atoms with van der Waals surface area (Å²) in [6.45, 7) is 12.1. The van der Waals surface area contributed by atoms with Crippen LogP contribution in [0.3, 0.4) is 0 Å². The Balaban J connectivity index is 2.22. The average molecular weight is 250 g/mol. The summed E-state index contributed by atoms with van der Waals surface area (Å²) in [6, 6.07) is 2.04. The second-order valence-electron chi connectivity index (χ2n) is 5.14. The van der Waals surface area contributed by atoms with Gasteiger partial charge >= 0.3 is 0 Å². The Hall–Kier alpha value is -1.09. The van der Waals surface area contributed by atoms with Crippen molar-refractivity contribution >= 4 is 0 Å². The molecule has 1 N–H and O–H groups in total. The summed E-state index contributed by atoms with van der Waals surface area (Å²) in [5, 5.41) is 7.48. The normalized spacial score (nSPS) is 12.9. The van der Waals surface area contributed by atoms with Crippen LogP contribution in [0, 0.1) is 5.92 Å². The molecule has 3 heteroatoms. The van der Waals surface area contributed by atoms with E-state index in [0.29, 0.717) is 5.92 Å². The average Bonchev–Trinajstić information content (AvgIpc) is 2.82. The van der Waals surface area contributed by atoms with E-state index >= 15 is 0 Å². The minimum Gasteiger partial charge on any atom is -0.361 e. The van der Waals surface area contributed by atoms with Gasteiger partial charge in [0.2, 0.25) is 0 Å². The number of hydrogen-bond donors (Lipinski definition) is 1. The van der Waals surface area contributed by atoms with Gasteiger partial charge in [0, 0.05) is 18.5 Å². The van der Waals surface area contributed by atoms with E-state index in [1.165, 1.54) is 12.8 Å². The van der Waals surface area contributed by atoms with Crippen LogP contribution in [0.5, 0.6) is 0 Å². The van der Waals surface area contributed by atoms with E-state index in [1.807, 2.05) is 12.1 Å². The summed E-state index contributed by atoms with van der Waals surface area (Å²) >= 11 is 0. The second kappa shape index (κ2) is 8.09. The van der Waals surface area contributed by atoms with Crippen LogP contribution >= 0.6 is 0 Å². The zero-order valence-electron chi connectivity index (χ0n) is 11.9. The molecule has 0 aliphatic carbocycles. The molecule has 0 aliphatic rings. The second-order valence-corrected chi connectivity index (χ2v) is 5.14. The Morgan fingerprint density at radius 1 is 1.50 bits per heavy atom. The van der Waals surface area contributed by atoms with E-state index in [1.54, 1.807) is 0 Å². The Kier molecular flexibility index (Phi) is 6.73. The molecule has 0 aromatic carbocycles. The summed E-state index contributed by atoms with van der Waals surface area (Å²) in [5.41, 5.74) is 0.996. The Morgan fingerprint density at radius 2 is 2.28 bits per heavy atom. The Morgan fingerprint density at radius 3 is 2.83 bits per heavy atom. The van der Waals surface area contributed by atoms with Gasteiger partial charge in [0.1, 0.15) is 5.76 Å². The molecule has 0 amide bonds. The fraction of sp³-hybridized carbons (Fsp3) is 0.667. The van der Waals surface area contributed by atoms with Gasteiger partial charge in [0.15, 0.2) is 0 Å². The molecule has 0 bridgehead atoms. The number of hydrogen-bond acceptors (Lipinski definition) is 3. The minimum absolute atomic E-state index is 0.406. The molecule has 0 saturated carbocycles. The van der Waals surface area contributed by atoms with Gasteiger partial charge in [-0.1, -0.05) is 38.4 Å². The van der Waals surface area contributed by atoms with Crippen LogP contribution in [0.15, 0.2) is 23.2 Å². The van der Waals surface area contributed by atoms with Gasteiger partial charge in [-0.15, -0.1) is 6.58 Å². The quantitative estimate of drug-likeness (QED) is 0.534. The van der Waals surface area contributed by atoms with Gasteiger partial charge < -0.3 is 9.84 Å². The highest BCUT2D eigenvalue weighted by Gasteiger charge is 2.08. The maximum absolute atomic E-state index is 5.26. The summed E-state index contributed by atoms with van der Waals surface area (Å²) < 4.78 is 5.26. The van der Waals surface area contributed by atoms with Crippen LogP contribution in [-0.4, -0.2) is 11.7 Å². The molecule has 1 rings (SSSR count). The number of nitrogens with zero attached hydrogens (tertiary/aromatic N) is 1. The Bertz CT molecular complexity index is 344. The van der Waals surface area contributed by atoms with Crippen molar-refractivity contribution in [2.75, 3.05) is 6.54 Å². The molecule has 1 aromatic rings. The van der Waals surface area contributed by atoms with Gasteiger partial charge in [-0.2, -0.15) is 0 Å². The first-order valence-corrected chi connectivity index (χ1v) is 6.94. The van der Waals surface area contributed by atoms with Gasteiger partial charge in [-0.25, -0.2) is 0 Å². The Labute approximate surface area is 111 Å². The third-order valence-corrected chi connectivity index (χ3v) is 3.26. The van der Waals surface area contributed by atoms with E-state index in [0.717, 1.165) is 36.9 Å². The third kappa shape index (κ3) is 5.05. The summed E-state index contributed by atoms with van der Waals surface area (Å²) in [6.07, 6.45) is 5.53. The lowest BCUT2D eigenvalue weighted by Crippen LogP contribution is -2.17. The van der Waals surface area contributed by atoms with E-state index < -0.39 is 0 Å². The highest BCUT2D eigenvalue weighted by molar-refractivity contribution is 5.08. The molecule has 0 fully saturated rings. The summed E-state index contributed by atoms with van der Waals surface area (Å²) in [4.78, 5) is 0. The van der Waals surface area contributed by atoms with Crippen molar-refractivity contribution in [3.63, 3.8) is 0 Å². The van der Waals surface area contributed by atoms with Crippen LogP contribution in [0.2, 0.25) is 0 Å². The topological polar surface area (TPSA) is 38.1 Å². The zero-order valence-corrected chi connectivity index (χ0v) is 11.9. The molecular weight excluding hydrogens is 224 g/mol. The smallest absolute Gasteiger partial charge is 0.139 e. The van der Waals surface area contributed by atoms with Crippen LogP contribution in [0.1, 0.15) is 57.4 Å². The highest BCUT2D eigenvalue weighted by atomic mass is 16.5. The zero-order chi connectivity index (χ0) is 13.4. The predicted octanol–water partition coefficient (Wildman–Crippen LogP) is 3.88. The van der Waals surface area contributed by atoms with Gasteiger partial charge in [-0.3, -0.25) is 0 Å². The molecule has 0 spiro atoms. The van der Waals surface area contributed by atoms with Crippen LogP contribution < -0.4 is 5.32 Å². The SMILES string of the molecule is C=CCC(CC)CCNCc1cc(C(C)C)on1. The molecule has 1 unspecified atom stereocenters. The molecule has 0 aliphatic heterocycles. The highest BCUT2D eigenvalue weighted by Crippen LogP contribution is 2.15. The van der Waals surface area contributed by atoms with Crippen molar-refractivity contribution in [3.8, 4) is 0 Å². The van der Waals surface area contributed by atoms with Crippen LogP contribution in [0.25, 0.3) is 0 Å². The van der Waals surface area contributed by atoms with Crippen molar-refractivity contribution in [2.24, 2.45) is 5.92 Å². The van der Waals surface area contributed by atoms with E-state index in [2.05, 4.69) is 37.8 Å².